The normalized spacial score (nSPS) is 16.8. The van der Waals surface area contributed by atoms with Crippen molar-refractivity contribution in [2.24, 2.45) is 4.99 Å². The summed E-state index contributed by atoms with van der Waals surface area (Å²) in [7, 11) is 2.96. The predicted molar refractivity (Wildman–Crippen MR) is 123 cm³/mol. The lowest BCUT2D eigenvalue weighted by molar-refractivity contribution is -0.122. The van der Waals surface area contributed by atoms with Crippen LogP contribution in [0.3, 0.4) is 0 Å². The van der Waals surface area contributed by atoms with E-state index in [1.54, 1.807) is 24.3 Å². The average molecular weight is 457 g/mol. The number of nitrogens with one attached hydrogen (secondary N) is 3. The number of amides is 3. The molecule has 3 amide bonds. The fourth-order valence-electron chi connectivity index (χ4n) is 2.87. The van der Waals surface area contributed by atoms with E-state index < -0.39 is 11.5 Å². The van der Waals surface area contributed by atoms with Crippen LogP contribution in [0.15, 0.2) is 59.6 Å². The average Bonchev–Trinajstić information content (AvgIpc) is 3.13. The molecule has 1 saturated heterocycles. The number of aliphatic imine (C=N–C) groups is 1. The Morgan fingerprint density at radius 3 is 2.59 bits per heavy atom. The number of thioether (sulfide) groups is 1. The number of methoxy groups -OCH3 is 2. The summed E-state index contributed by atoms with van der Waals surface area (Å²) in [4.78, 5) is 41.4. The summed E-state index contributed by atoms with van der Waals surface area (Å²) in [6.07, 6.45) is -0.573. The SMILES string of the molecule is COC(CNC(=O)c1cccc(NC(=O)CC2SC(=Nc3ccccc3)NC2=O)c1)OC. The van der Waals surface area contributed by atoms with Crippen molar-refractivity contribution in [2.45, 2.75) is 18.0 Å². The topological polar surface area (TPSA) is 118 Å². The molecule has 3 N–H and O–H groups in total. The first-order chi connectivity index (χ1) is 15.5. The van der Waals surface area contributed by atoms with Gasteiger partial charge in [0.15, 0.2) is 11.5 Å². The van der Waals surface area contributed by atoms with E-state index in [4.69, 9.17) is 9.47 Å². The lowest BCUT2D eigenvalue weighted by Crippen LogP contribution is -2.34. The number of ether oxygens (including phenoxy) is 2. The van der Waals surface area contributed by atoms with Crippen LogP contribution in [0.5, 0.6) is 0 Å². The predicted octanol–water partition coefficient (Wildman–Crippen LogP) is 2.28. The maximum atomic E-state index is 12.5. The van der Waals surface area contributed by atoms with E-state index in [0.29, 0.717) is 16.4 Å². The molecule has 1 fully saturated rings. The summed E-state index contributed by atoms with van der Waals surface area (Å²) >= 11 is 1.21. The van der Waals surface area contributed by atoms with Gasteiger partial charge in [-0.05, 0) is 30.3 Å². The fraction of sp³-hybridized carbons (Fsp3) is 0.273. The molecule has 1 aliphatic heterocycles. The molecule has 1 heterocycles. The molecule has 2 aromatic carbocycles. The van der Waals surface area contributed by atoms with Crippen molar-refractivity contribution in [2.75, 3.05) is 26.1 Å². The van der Waals surface area contributed by atoms with E-state index in [2.05, 4.69) is 20.9 Å². The van der Waals surface area contributed by atoms with Gasteiger partial charge in [-0.2, -0.15) is 0 Å². The minimum absolute atomic E-state index is 0.0237. The summed E-state index contributed by atoms with van der Waals surface area (Å²) in [6, 6.07) is 15.8. The van der Waals surface area contributed by atoms with Gasteiger partial charge in [-0.25, -0.2) is 4.99 Å². The molecule has 0 spiro atoms. The monoisotopic (exact) mass is 456 g/mol. The number of carbonyl (C=O) groups excluding carboxylic acids is 3. The van der Waals surface area contributed by atoms with Gasteiger partial charge >= 0.3 is 0 Å². The van der Waals surface area contributed by atoms with Gasteiger partial charge in [-0.15, -0.1) is 0 Å². The van der Waals surface area contributed by atoms with Crippen molar-refractivity contribution in [3.8, 4) is 0 Å². The molecule has 0 aliphatic carbocycles. The number of benzene rings is 2. The molecule has 1 unspecified atom stereocenters. The zero-order chi connectivity index (χ0) is 22.9. The van der Waals surface area contributed by atoms with Crippen LogP contribution < -0.4 is 16.0 Å². The second-order valence-electron chi connectivity index (χ2n) is 6.79. The molecule has 0 aromatic heterocycles. The van der Waals surface area contributed by atoms with E-state index >= 15 is 0 Å². The Bertz CT molecular complexity index is 995. The van der Waals surface area contributed by atoms with Crippen molar-refractivity contribution in [3.63, 3.8) is 0 Å². The highest BCUT2D eigenvalue weighted by Gasteiger charge is 2.32. The molecular weight excluding hydrogens is 432 g/mol. The lowest BCUT2D eigenvalue weighted by atomic mass is 10.1. The molecule has 9 nitrogen and oxygen atoms in total. The van der Waals surface area contributed by atoms with Crippen molar-refractivity contribution in [1.82, 2.24) is 10.6 Å². The zero-order valence-electron chi connectivity index (χ0n) is 17.7. The Labute approximate surface area is 190 Å². The maximum Gasteiger partial charge on any atom is 0.251 e. The first-order valence-electron chi connectivity index (χ1n) is 9.83. The molecule has 168 valence electrons. The molecule has 0 bridgehead atoms. The van der Waals surface area contributed by atoms with Crippen LogP contribution in [-0.4, -0.2) is 55.2 Å². The van der Waals surface area contributed by atoms with Crippen LogP contribution in [0.4, 0.5) is 11.4 Å². The highest BCUT2D eigenvalue weighted by molar-refractivity contribution is 8.15. The van der Waals surface area contributed by atoms with E-state index in [-0.39, 0.29) is 30.7 Å². The molecule has 0 saturated carbocycles. The molecule has 10 heteroatoms. The van der Waals surface area contributed by atoms with Crippen LogP contribution in [-0.2, 0) is 19.1 Å². The Morgan fingerprint density at radius 1 is 1.12 bits per heavy atom. The third-order valence-corrected chi connectivity index (χ3v) is 5.58. The van der Waals surface area contributed by atoms with Gasteiger partial charge < -0.3 is 25.4 Å². The highest BCUT2D eigenvalue weighted by atomic mass is 32.2. The summed E-state index contributed by atoms with van der Waals surface area (Å²) in [5, 5.41) is 8.02. The van der Waals surface area contributed by atoms with Gasteiger partial charge in [-0.1, -0.05) is 36.0 Å². The van der Waals surface area contributed by atoms with Crippen molar-refractivity contribution in [3.05, 3.63) is 60.2 Å². The minimum Gasteiger partial charge on any atom is -0.354 e. The second kappa shape index (κ2) is 11.4. The number of hydrogen-bond acceptors (Lipinski definition) is 7. The van der Waals surface area contributed by atoms with Crippen LogP contribution >= 0.6 is 11.8 Å². The van der Waals surface area contributed by atoms with E-state index in [9.17, 15) is 14.4 Å². The number of nitrogens with zero attached hydrogens (tertiary/aromatic N) is 1. The molecule has 2 aromatic rings. The smallest absolute Gasteiger partial charge is 0.251 e. The quantitative estimate of drug-likeness (QED) is 0.498. The zero-order valence-corrected chi connectivity index (χ0v) is 18.5. The Balaban J connectivity index is 1.55. The summed E-state index contributed by atoms with van der Waals surface area (Å²) in [6.45, 7) is 0.184. The van der Waals surface area contributed by atoms with E-state index in [1.807, 2.05) is 30.3 Å². The van der Waals surface area contributed by atoms with Crippen LogP contribution in [0, 0.1) is 0 Å². The largest absolute Gasteiger partial charge is 0.354 e. The number of para-hydroxylation sites is 1. The van der Waals surface area contributed by atoms with Gasteiger partial charge in [0.1, 0.15) is 5.25 Å². The van der Waals surface area contributed by atoms with Crippen LogP contribution in [0.25, 0.3) is 0 Å². The summed E-state index contributed by atoms with van der Waals surface area (Å²) in [5.74, 6) is -0.929. The van der Waals surface area contributed by atoms with Gasteiger partial charge in [0.05, 0.1) is 12.2 Å². The Morgan fingerprint density at radius 2 is 1.88 bits per heavy atom. The molecule has 32 heavy (non-hydrogen) atoms. The molecule has 3 rings (SSSR count). The van der Waals surface area contributed by atoms with Gasteiger partial charge in [0, 0.05) is 31.9 Å². The van der Waals surface area contributed by atoms with Gasteiger partial charge in [0.25, 0.3) is 5.91 Å². The van der Waals surface area contributed by atoms with Crippen molar-refractivity contribution >= 4 is 46.0 Å². The van der Waals surface area contributed by atoms with Crippen LogP contribution in [0.2, 0.25) is 0 Å². The van der Waals surface area contributed by atoms with Crippen LogP contribution in [0.1, 0.15) is 16.8 Å². The fourth-order valence-corrected chi connectivity index (χ4v) is 3.86. The first-order valence-corrected chi connectivity index (χ1v) is 10.7. The number of hydrogen-bond donors (Lipinski definition) is 3. The molecule has 1 aliphatic rings. The molecular formula is C22H24N4O5S. The van der Waals surface area contributed by atoms with Gasteiger partial charge in [0.2, 0.25) is 11.8 Å². The minimum atomic E-state index is -0.580. The van der Waals surface area contributed by atoms with Gasteiger partial charge in [-0.3, -0.25) is 14.4 Å². The number of carbonyl (C=O) groups is 3. The Kier molecular flexibility index (Phi) is 8.37. The molecule has 0 radical (unpaired) electrons. The summed E-state index contributed by atoms with van der Waals surface area (Å²) in [5.41, 5.74) is 1.55. The Hall–Kier alpha value is -3.21. The molecule has 1 atom stereocenters. The summed E-state index contributed by atoms with van der Waals surface area (Å²) < 4.78 is 10.1. The highest BCUT2D eigenvalue weighted by Crippen LogP contribution is 2.25. The van der Waals surface area contributed by atoms with Crippen molar-refractivity contribution in [1.29, 1.82) is 0 Å². The maximum absolute atomic E-state index is 12.5. The first kappa shape index (κ1) is 23.5. The number of amidine groups is 1. The lowest BCUT2D eigenvalue weighted by Gasteiger charge is -2.14. The second-order valence-corrected chi connectivity index (χ2v) is 7.98. The third-order valence-electron chi connectivity index (χ3n) is 4.50. The van der Waals surface area contributed by atoms with E-state index in [1.165, 1.54) is 26.0 Å². The standard InChI is InChI=1S/C22H24N4O5S/c1-30-19(31-2)13-23-20(28)14-7-6-10-16(11-14)24-18(27)12-17-21(29)26-22(32-17)25-15-8-4-3-5-9-15/h3-11,17,19H,12-13H2,1-2H3,(H,23,28)(H,24,27)(H,25,26,29). The number of anilines is 1. The third kappa shape index (κ3) is 6.64. The van der Waals surface area contributed by atoms with E-state index in [0.717, 1.165) is 5.69 Å². The number of rotatable bonds is 9. The van der Waals surface area contributed by atoms with Crippen molar-refractivity contribution < 1.29 is 23.9 Å².